The SMILES string of the molecule is COc1ccccc1NC(=O)C1=C(C)N(C)C(=S)N[C@@H]1c1cccc(C(F)(F)F)c1. The van der Waals surface area contributed by atoms with Gasteiger partial charge in [-0.15, -0.1) is 0 Å². The van der Waals surface area contributed by atoms with Gasteiger partial charge in [0.15, 0.2) is 5.11 Å². The summed E-state index contributed by atoms with van der Waals surface area (Å²) >= 11 is 5.30. The first-order chi connectivity index (χ1) is 14.1. The Labute approximate surface area is 177 Å². The van der Waals surface area contributed by atoms with Crippen LogP contribution in [-0.4, -0.2) is 30.1 Å². The van der Waals surface area contributed by atoms with E-state index in [-0.39, 0.29) is 11.1 Å². The molecule has 1 aliphatic heterocycles. The summed E-state index contributed by atoms with van der Waals surface area (Å²) in [5.74, 6) is -0.00590. The maximum atomic E-state index is 13.2. The lowest BCUT2D eigenvalue weighted by Crippen LogP contribution is -2.46. The first-order valence-corrected chi connectivity index (χ1v) is 9.40. The Morgan fingerprint density at radius 1 is 1.20 bits per heavy atom. The van der Waals surface area contributed by atoms with Crippen LogP contribution in [0.25, 0.3) is 0 Å². The molecule has 2 N–H and O–H groups in total. The molecular formula is C21H20F3N3O2S. The molecule has 1 heterocycles. The molecule has 5 nitrogen and oxygen atoms in total. The number of carbonyl (C=O) groups excluding carboxylic acids is 1. The van der Waals surface area contributed by atoms with Gasteiger partial charge < -0.3 is 20.3 Å². The summed E-state index contributed by atoms with van der Waals surface area (Å²) in [6.45, 7) is 1.70. The van der Waals surface area contributed by atoms with Crippen LogP contribution in [0.15, 0.2) is 59.8 Å². The lowest BCUT2D eigenvalue weighted by atomic mass is 9.93. The van der Waals surface area contributed by atoms with Gasteiger partial charge in [-0.2, -0.15) is 13.2 Å². The number of anilines is 1. The number of alkyl halides is 3. The van der Waals surface area contributed by atoms with E-state index in [1.807, 2.05) is 0 Å². The second-order valence-electron chi connectivity index (χ2n) is 6.72. The molecule has 0 aromatic heterocycles. The van der Waals surface area contributed by atoms with Crippen LogP contribution in [0.5, 0.6) is 5.75 Å². The predicted molar refractivity (Wildman–Crippen MR) is 112 cm³/mol. The highest BCUT2D eigenvalue weighted by Gasteiger charge is 2.35. The van der Waals surface area contributed by atoms with Gasteiger partial charge in [0.25, 0.3) is 5.91 Å². The molecule has 9 heteroatoms. The summed E-state index contributed by atoms with van der Waals surface area (Å²) < 4.78 is 44.9. The Kier molecular flexibility index (Phi) is 6.02. The van der Waals surface area contributed by atoms with E-state index in [0.717, 1.165) is 12.1 Å². The molecule has 3 rings (SSSR count). The van der Waals surface area contributed by atoms with E-state index in [0.29, 0.717) is 22.2 Å². The third-order valence-electron chi connectivity index (χ3n) is 4.90. The molecule has 2 aromatic carbocycles. The fourth-order valence-electron chi connectivity index (χ4n) is 3.21. The fraction of sp³-hybridized carbons (Fsp3) is 0.238. The standard InChI is InChI=1S/C21H20F3N3O2S/c1-12-17(19(28)25-15-9-4-5-10-16(15)29-3)18(26-20(30)27(12)2)13-7-6-8-14(11-13)21(22,23)24/h4-11,18H,1-3H3,(H,25,28)(H,26,30)/t18-/m1/s1. The van der Waals surface area contributed by atoms with E-state index in [9.17, 15) is 18.0 Å². The summed E-state index contributed by atoms with van der Waals surface area (Å²) in [5.41, 5.74) is 0.729. The smallest absolute Gasteiger partial charge is 0.416 e. The summed E-state index contributed by atoms with van der Waals surface area (Å²) in [6, 6.07) is 10.9. The number of halogens is 3. The number of amides is 1. The number of thiocarbonyl (C=S) groups is 1. The van der Waals surface area contributed by atoms with Gasteiger partial charge >= 0.3 is 6.18 Å². The minimum absolute atomic E-state index is 0.260. The molecular weight excluding hydrogens is 415 g/mol. The normalized spacial score (nSPS) is 16.9. The van der Waals surface area contributed by atoms with Gasteiger partial charge in [-0.25, -0.2) is 0 Å². The van der Waals surface area contributed by atoms with Crippen molar-refractivity contribution in [2.45, 2.75) is 19.1 Å². The maximum Gasteiger partial charge on any atom is 0.416 e. The number of hydrogen-bond acceptors (Lipinski definition) is 3. The number of methoxy groups -OCH3 is 1. The first kappa shape index (κ1) is 21.6. The molecule has 0 fully saturated rings. The lowest BCUT2D eigenvalue weighted by Gasteiger charge is -2.36. The van der Waals surface area contributed by atoms with Crippen molar-refractivity contribution < 1.29 is 22.7 Å². The number of benzene rings is 2. The molecule has 0 saturated heterocycles. The second-order valence-corrected chi connectivity index (χ2v) is 7.10. The summed E-state index contributed by atoms with van der Waals surface area (Å²) in [6.07, 6.45) is -4.50. The van der Waals surface area contributed by atoms with Gasteiger partial charge in [0.05, 0.1) is 30.0 Å². The molecule has 1 aliphatic rings. The Balaban J connectivity index is 2.04. The van der Waals surface area contributed by atoms with Crippen molar-refractivity contribution >= 4 is 28.9 Å². The lowest BCUT2D eigenvalue weighted by molar-refractivity contribution is -0.137. The average molecular weight is 435 g/mol. The molecule has 0 aliphatic carbocycles. The third-order valence-corrected chi connectivity index (χ3v) is 5.29. The molecule has 0 spiro atoms. The summed E-state index contributed by atoms with van der Waals surface area (Å²) in [4.78, 5) is 14.8. The van der Waals surface area contributed by atoms with Crippen molar-refractivity contribution in [1.29, 1.82) is 0 Å². The second kappa shape index (κ2) is 8.35. The Morgan fingerprint density at radius 3 is 2.57 bits per heavy atom. The molecule has 0 unspecified atom stereocenters. The molecule has 2 aromatic rings. The number of nitrogens with zero attached hydrogens (tertiary/aromatic N) is 1. The van der Waals surface area contributed by atoms with Crippen LogP contribution >= 0.6 is 12.2 Å². The number of para-hydroxylation sites is 2. The number of carbonyl (C=O) groups is 1. The summed E-state index contributed by atoms with van der Waals surface area (Å²) in [7, 11) is 3.17. The Morgan fingerprint density at radius 2 is 1.90 bits per heavy atom. The third kappa shape index (κ3) is 4.25. The highest BCUT2D eigenvalue weighted by Crippen LogP contribution is 2.35. The van der Waals surface area contributed by atoms with Crippen molar-refractivity contribution in [3.63, 3.8) is 0 Å². The molecule has 0 saturated carbocycles. The van der Waals surface area contributed by atoms with E-state index >= 15 is 0 Å². The van der Waals surface area contributed by atoms with Gasteiger partial charge in [0, 0.05) is 12.7 Å². The number of ether oxygens (including phenoxy) is 1. The monoisotopic (exact) mass is 435 g/mol. The van der Waals surface area contributed by atoms with Crippen molar-refractivity contribution in [1.82, 2.24) is 10.2 Å². The molecule has 0 radical (unpaired) electrons. The van der Waals surface area contributed by atoms with Gasteiger partial charge in [0.1, 0.15) is 5.75 Å². The van der Waals surface area contributed by atoms with Crippen LogP contribution in [0.4, 0.5) is 18.9 Å². The minimum atomic E-state index is -4.50. The predicted octanol–water partition coefficient (Wildman–Crippen LogP) is 4.49. The molecule has 0 bridgehead atoms. The van der Waals surface area contributed by atoms with Crippen molar-refractivity contribution in [3.8, 4) is 5.75 Å². The van der Waals surface area contributed by atoms with Crippen molar-refractivity contribution in [3.05, 3.63) is 70.9 Å². The quantitative estimate of drug-likeness (QED) is 0.694. The Bertz CT molecular complexity index is 1020. The highest BCUT2D eigenvalue weighted by atomic mass is 32.1. The molecule has 1 atom stereocenters. The zero-order valence-electron chi connectivity index (χ0n) is 16.5. The van der Waals surface area contributed by atoms with Gasteiger partial charge in [-0.05, 0) is 49.0 Å². The minimum Gasteiger partial charge on any atom is -0.495 e. The molecule has 1 amide bonds. The van der Waals surface area contributed by atoms with Crippen LogP contribution in [0.1, 0.15) is 24.1 Å². The number of rotatable bonds is 4. The van der Waals surface area contributed by atoms with Crippen LogP contribution in [0.2, 0.25) is 0 Å². The zero-order valence-corrected chi connectivity index (χ0v) is 17.3. The van der Waals surface area contributed by atoms with Gasteiger partial charge in [-0.1, -0.05) is 24.3 Å². The van der Waals surface area contributed by atoms with Gasteiger partial charge in [-0.3, -0.25) is 4.79 Å². The summed E-state index contributed by atoms with van der Waals surface area (Å²) in [5, 5.41) is 6.07. The topological polar surface area (TPSA) is 53.6 Å². The van der Waals surface area contributed by atoms with E-state index in [4.69, 9.17) is 17.0 Å². The van der Waals surface area contributed by atoms with Crippen LogP contribution in [-0.2, 0) is 11.0 Å². The maximum absolute atomic E-state index is 13.2. The largest absolute Gasteiger partial charge is 0.495 e. The highest BCUT2D eigenvalue weighted by molar-refractivity contribution is 7.80. The zero-order chi connectivity index (χ0) is 22.1. The molecule has 30 heavy (non-hydrogen) atoms. The van der Waals surface area contributed by atoms with E-state index < -0.39 is 23.7 Å². The van der Waals surface area contributed by atoms with Gasteiger partial charge in [0.2, 0.25) is 0 Å². The van der Waals surface area contributed by atoms with E-state index in [1.54, 1.807) is 43.1 Å². The first-order valence-electron chi connectivity index (χ1n) is 9.00. The average Bonchev–Trinajstić information content (AvgIpc) is 2.71. The number of nitrogens with one attached hydrogen (secondary N) is 2. The van der Waals surface area contributed by atoms with Crippen molar-refractivity contribution in [2.24, 2.45) is 0 Å². The number of hydrogen-bond donors (Lipinski definition) is 2. The van der Waals surface area contributed by atoms with E-state index in [2.05, 4.69) is 10.6 Å². The van der Waals surface area contributed by atoms with Crippen LogP contribution in [0.3, 0.4) is 0 Å². The van der Waals surface area contributed by atoms with Crippen molar-refractivity contribution in [2.75, 3.05) is 19.5 Å². The fourth-order valence-corrected chi connectivity index (χ4v) is 3.47. The number of allylic oxidation sites excluding steroid dienone is 1. The van der Waals surface area contributed by atoms with Crippen LogP contribution in [0, 0.1) is 0 Å². The Hall–Kier alpha value is -3.07. The molecule has 158 valence electrons. The van der Waals surface area contributed by atoms with Crippen LogP contribution < -0.4 is 15.4 Å². The van der Waals surface area contributed by atoms with E-state index in [1.165, 1.54) is 19.2 Å².